The Labute approximate surface area is 391 Å². The predicted octanol–water partition coefficient (Wildman–Crippen LogP) is 16.3. The van der Waals surface area contributed by atoms with Gasteiger partial charge in [0.2, 0.25) is 0 Å². The molecule has 1 N–H and O–H groups in total. The molecule has 0 aliphatic heterocycles. The van der Waals surface area contributed by atoms with E-state index in [1.54, 1.807) is 24.4 Å². The van der Waals surface area contributed by atoms with Crippen LogP contribution in [0.15, 0.2) is 164 Å². The third kappa shape index (κ3) is 8.05. The molecule has 0 spiro atoms. The first-order valence-electron chi connectivity index (χ1n) is 26.3. The maximum atomic E-state index is 12.3. The van der Waals surface area contributed by atoms with E-state index in [4.69, 9.17) is 22.3 Å². The Morgan fingerprint density at radius 2 is 1.23 bits per heavy atom. The molecule has 0 saturated heterocycles. The molecule has 9 aromatic rings. The van der Waals surface area contributed by atoms with Crippen LogP contribution >= 0.6 is 0 Å². The van der Waals surface area contributed by atoms with E-state index in [-0.39, 0.29) is 23.1 Å². The van der Waals surface area contributed by atoms with Gasteiger partial charge in [-0.1, -0.05) is 151 Å². The lowest BCUT2D eigenvalue weighted by molar-refractivity contribution is 0.466. The van der Waals surface area contributed by atoms with Gasteiger partial charge in [-0.3, -0.25) is 9.55 Å². The summed E-state index contributed by atoms with van der Waals surface area (Å²) < 4.78 is 76.1. The molecule has 0 aliphatic rings. The number of aromatic nitrogens is 3. The van der Waals surface area contributed by atoms with Gasteiger partial charge in [-0.05, 0) is 152 Å². The Bertz CT molecular complexity index is 3460. The van der Waals surface area contributed by atoms with Crippen molar-refractivity contribution < 1.29 is 17.4 Å². The fourth-order valence-electron chi connectivity index (χ4n) is 8.69. The number of fused-ring (bicyclic) bond motifs is 1. The molecule has 0 atom stereocenters. The Balaban J connectivity index is 1.26. The Morgan fingerprint density at radius 1 is 0.562 bits per heavy atom. The van der Waals surface area contributed by atoms with Crippen molar-refractivity contribution >= 4 is 11.0 Å². The van der Waals surface area contributed by atoms with Crippen LogP contribution in [0.5, 0.6) is 5.75 Å². The van der Waals surface area contributed by atoms with Crippen molar-refractivity contribution in [2.75, 3.05) is 0 Å². The molecule has 0 unspecified atom stereocenters. The van der Waals surface area contributed by atoms with Gasteiger partial charge >= 0.3 is 0 Å². The zero-order valence-electron chi connectivity index (χ0n) is 46.0. The van der Waals surface area contributed by atoms with E-state index < -0.39 is 26.0 Å². The highest BCUT2D eigenvalue weighted by Gasteiger charge is 2.25. The Kier molecular flexibility index (Phi) is 8.62. The zero-order valence-corrected chi connectivity index (χ0v) is 37.0. The summed E-state index contributed by atoms with van der Waals surface area (Å²) in [6.07, 6.45) is 1.68. The molecule has 64 heavy (non-hydrogen) atoms. The molecule has 318 valence electrons. The van der Waals surface area contributed by atoms with Crippen molar-refractivity contribution in [1.82, 2.24) is 14.5 Å². The van der Waals surface area contributed by atoms with Crippen LogP contribution in [0.1, 0.15) is 100 Å². The molecule has 9 rings (SSSR count). The number of benzene rings is 7. The largest absolute Gasteiger partial charge is 0.507 e. The first-order chi connectivity index (χ1) is 34.5. The molecule has 0 radical (unpaired) electrons. The van der Waals surface area contributed by atoms with E-state index in [1.807, 2.05) is 48.5 Å². The molecule has 0 amide bonds. The van der Waals surface area contributed by atoms with Gasteiger partial charge in [-0.2, -0.15) is 0 Å². The minimum Gasteiger partial charge on any atom is -0.507 e. The number of hydrogen-bond donors (Lipinski definition) is 1. The summed E-state index contributed by atoms with van der Waals surface area (Å²) in [6.45, 7) is 2.67. The number of nitrogens with zero attached hydrogens (tertiary/aromatic N) is 3. The molecule has 0 fully saturated rings. The second kappa shape index (κ2) is 16.9. The predicted molar refractivity (Wildman–Crippen MR) is 269 cm³/mol. The van der Waals surface area contributed by atoms with Crippen molar-refractivity contribution in [3.63, 3.8) is 0 Å². The van der Waals surface area contributed by atoms with Gasteiger partial charge in [0.1, 0.15) is 11.6 Å². The van der Waals surface area contributed by atoms with E-state index >= 15 is 0 Å². The second-order valence-electron chi connectivity index (χ2n) is 17.5. The summed E-state index contributed by atoms with van der Waals surface area (Å²) in [5.74, 6) is 1.04. The van der Waals surface area contributed by atoms with Crippen molar-refractivity contribution in [3.8, 4) is 78.6 Å². The molecule has 4 nitrogen and oxygen atoms in total. The van der Waals surface area contributed by atoms with Crippen LogP contribution in [0.25, 0.3) is 83.9 Å². The van der Waals surface area contributed by atoms with Gasteiger partial charge in [0.05, 0.1) is 22.3 Å². The molecular weight excluding hydrogens is 779 g/mol. The number of rotatable bonds is 9. The third-order valence-electron chi connectivity index (χ3n) is 12.4. The molecular formula is C60H57N3O. The quantitative estimate of drug-likeness (QED) is 0.157. The van der Waals surface area contributed by atoms with Crippen molar-refractivity contribution in [1.29, 1.82) is 0 Å². The molecule has 2 heterocycles. The highest BCUT2D eigenvalue weighted by molar-refractivity contribution is 5.98. The number of phenolic OH excluding ortho intramolecular Hbond substituents is 1. The van der Waals surface area contributed by atoms with Gasteiger partial charge in [0, 0.05) is 35.3 Å². The maximum Gasteiger partial charge on any atom is 0.149 e. The van der Waals surface area contributed by atoms with Crippen LogP contribution in [-0.2, 0) is 5.41 Å². The fraction of sp³-hybridized carbons (Fsp3) is 0.200. The van der Waals surface area contributed by atoms with E-state index in [1.165, 1.54) is 17.7 Å². The maximum absolute atomic E-state index is 12.3. The lowest BCUT2D eigenvalue weighted by atomic mass is 9.86. The first-order valence-corrected chi connectivity index (χ1v) is 21.8. The van der Waals surface area contributed by atoms with Crippen molar-refractivity contribution in [3.05, 3.63) is 192 Å². The summed E-state index contributed by atoms with van der Waals surface area (Å²) >= 11 is 0. The lowest BCUT2D eigenvalue weighted by Crippen LogP contribution is -2.10. The number of aromatic hydroxyl groups is 1. The van der Waals surface area contributed by atoms with Crippen molar-refractivity contribution in [2.24, 2.45) is 0 Å². The zero-order chi connectivity index (χ0) is 52.4. The normalized spacial score (nSPS) is 14.5. The molecule has 4 heteroatoms. The summed E-state index contributed by atoms with van der Waals surface area (Å²) in [6, 6.07) is 51.0. The highest BCUT2D eigenvalue weighted by atomic mass is 16.3. The summed E-state index contributed by atoms with van der Waals surface area (Å²) in [5, 5.41) is 12.3. The van der Waals surface area contributed by atoms with Gasteiger partial charge in [0.15, 0.2) is 0 Å². The summed E-state index contributed by atoms with van der Waals surface area (Å²) in [5.41, 5.74) is 12.5. The summed E-state index contributed by atoms with van der Waals surface area (Å²) in [4.78, 5) is 10.4. The monoisotopic (exact) mass is 845 g/mol. The van der Waals surface area contributed by atoms with Gasteiger partial charge in [0.25, 0.3) is 0 Å². The minimum absolute atomic E-state index is 0.0477. The molecule has 0 saturated carbocycles. The third-order valence-corrected chi connectivity index (χ3v) is 12.4. The number of aryl methyl sites for hydroxylation is 1. The number of imidazole rings is 1. The van der Waals surface area contributed by atoms with E-state index in [0.29, 0.717) is 28.2 Å². The number of hydrogen-bond acceptors (Lipinski definition) is 3. The molecule has 2 aromatic heterocycles. The van der Waals surface area contributed by atoms with E-state index in [9.17, 15) is 5.11 Å². The van der Waals surface area contributed by atoms with Crippen LogP contribution < -0.4 is 0 Å². The van der Waals surface area contributed by atoms with Gasteiger partial charge in [-0.25, -0.2) is 4.98 Å². The SMILES string of the molecule is [2H]C([2H])([2H])C(c1ccc(-c2ccnc(-c3cc(-c4ccccc4)cc(-c4cccc5c4nc(-c4cc(C(C)C)cc(C(C)C)c4O)n5-c4cc(C)c(C)c(-c5ccccc5)c4)c3)c2)cc1)(C([2H])([2H])[2H])C([2H])([2H])[2H]. The average Bonchev–Trinajstić information content (AvgIpc) is 3.74. The fourth-order valence-corrected chi connectivity index (χ4v) is 8.69. The number of phenols is 1. The topological polar surface area (TPSA) is 50.9 Å². The van der Waals surface area contributed by atoms with Crippen LogP contribution in [0.3, 0.4) is 0 Å². The number of para-hydroxylation sites is 1. The van der Waals surface area contributed by atoms with Crippen LogP contribution in [-0.4, -0.2) is 19.6 Å². The average molecular weight is 845 g/mol. The van der Waals surface area contributed by atoms with Gasteiger partial charge in [-0.15, -0.1) is 0 Å². The van der Waals surface area contributed by atoms with Crippen LogP contribution in [0.4, 0.5) is 0 Å². The van der Waals surface area contributed by atoms with E-state index in [0.717, 1.165) is 72.4 Å². The smallest absolute Gasteiger partial charge is 0.149 e. The highest BCUT2D eigenvalue weighted by Crippen LogP contribution is 2.44. The standard InChI is InChI=1S/C60H57N3O/c1-37(2)45-33-52(38(3)4)58(64)54(34-45)59-62-57-51(21-16-22-56(57)63(59)50-29-39(5)40(6)53(36-50)43-19-14-11-15-20-43)47-30-46(41-17-12-10-13-18-41)31-48(32-47)55-35-44(27-28-61-55)42-23-25-49(26-24-42)60(7,8)9/h10-38,64H,1-9H3/i7D3,8D3,9D3. The molecule has 0 aliphatic carbocycles. The lowest BCUT2D eigenvalue weighted by Gasteiger charge is -2.19. The first kappa shape index (κ1) is 32.6. The van der Waals surface area contributed by atoms with Crippen LogP contribution in [0.2, 0.25) is 0 Å². The second-order valence-corrected chi connectivity index (χ2v) is 17.5. The Hall–Kier alpha value is -7.04. The Morgan fingerprint density at radius 3 is 1.92 bits per heavy atom. The van der Waals surface area contributed by atoms with Crippen molar-refractivity contribution in [2.45, 2.75) is 79.3 Å². The molecule has 0 bridgehead atoms. The molecule has 7 aromatic carbocycles. The van der Waals surface area contributed by atoms with Gasteiger partial charge < -0.3 is 5.11 Å². The summed E-state index contributed by atoms with van der Waals surface area (Å²) in [7, 11) is 0. The van der Waals surface area contributed by atoms with Crippen LogP contribution in [0, 0.1) is 13.8 Å². The number of pyridine rings is 1. The minimum atomic E-state index is -3.37. The van der Waals surface area contributed by atoms with E-state index in [2.05, 4.69) is 125 Å².